The molecule has 1 unspecified atom stereocenters. The second-order valence-electron chi connectivity index (χ2n) is 4.77. The molecule has 2 heterocycles. The number of hydrogen-bond donors (Lipinski definition) is 1. The lowest BCUT2D eigenvalue weighted by atomic mass is 10.1. The van der Waals surface area contributed by atoms with Crippen LogP contribution in [0.5, 0.6) is 0 Å². The highest BCUT2D eigenvalue weighted by atomic mass is 19.1. The maximum absolute atomic E-state index is 13.3. The van der Waals surface area contributed by atoms with Crippen LogP contribution in [0.2, 0.25) is 0 Å². The van der Waals surface area contributed by atoms with Gasteiger partial charge in [-0.2, -0.15) is 0 Å². The van der Waals surface area contributed by atoms with Crippen molar-refractivity contribution >= 4 is 11.0 Å². The number of rotatable bonds is 3. The van der Waals surface area contributed by atoms with Crippen LogP contribution in [-0.2, 0) is 6.42 Å². The number of aryl methyl sites for hydroxylation is 1. The quantitative estimate of drug-likeness (QED) is 0.792. The predicted octanol–water partition coefficient (Wildman–Crippen LogP) is 3.55. The Morgan fingerprint density at radius 3 is 2.90 bits per heavy atom. The third-order valence-electron chi connectivity index (χ3n) is 3.37. The van der Waals surface area contributed by atoms with Crippen molar-refractivity contribution in [2.24, 2.45) is 0 Å². The van der Waals surface area contributed by atoms with Gasteiger partial charge in [0.05, 0.1) is 0 Å². The van der Waals surface area contributed by atoms with E-state index in [4.69, 9.17) is 4.42 Å². The number of hydrogen-bond acceptors (Lipinski definition) is 3. The van der Waals surface area contributed by atoms with Crippen molar-refractivity contribution in [2.75, 3.05) is 0 Å². The third kappa shape index (κ3) is 2.30. The van der Waals surface area contributed by atoms with Crippen molar-refractivity contribution in [2.45, 2.75) is 19.4 Å². The normalized spacial score (nSPS) is 12.8. The largest absolute Gasteiger partial charge is 0.458 e. The average molecular weight is 271 g/mol. The van der Waals surface area contributed by atoms with Gasteiger partial charge in [-0.15, -0.1) is 0 Å². The van der Waals surface area contributed by atoms with Crippen LogP contribution in [-0.4, -0.2) is 10.1 Å². The summed E-state index contributed by atoms with van der Waals surface area (Å²) >= 11 is 0. The molecular formula is C16H14FNO2. The summed E-state index contributed by atoms with van der Waals surface area (Å²) in [6.45, 7) is 1.82. The number of halogens is 1. The number of aliphatic hydroxyl groups is 1. The van der Waals surface area contributed by atoms with Gasteiger partial charge in [0.15, 0.2) is 0 Å². The molecular weight excluding hydrogens is 257 g/mol. The fraction of sp³-hybridized carbons (Fsp3) is 0.188. The molecule has 0 saturated heterocycles. The zero-order valence-electron chi connectivity index (χ0n) is 11.0. The summed E-state index contributed by atoms with van der Waals surface area (Å²) in [5.74, 6) is 0.156. The first-order valence-electron chi connectivity index (χ1n) is 6.41. The zero-order chi connectivity index (χ0) is 14.1. The molecule has 0 saturated carbocycles. The minimum absolute atomic E-state index is 0.313. The number of fused-ring (bicyclic) bond motifs is 1. The summed E-state index contributed by atoms with van der Waals surface area (Å²) in [6.07, 6.45) is 1.26. The van der Waals surface area contributed by atoms with Crippen LogP contribution in [0, 0.1) is 12.7 Å². The molecule has 2 aromatic heterocycles. The first-order chi connectivity index (χ1) is 9.65. The van der Waals surface area contributed by atoms with Crippen LogP contribution in [0.1, 0.15) is 23.1 Å². The van der Waals surface area contributed by atoms with E-state index in [9.17, 15) is 9.50 Å². The summed E-state index contributed by atoms with van der Waals surface area (Å²) in [5.41, 5.74) is 2.13. The second-order valence-corrected chi connectivity index (χ2v) is 4.77. The Morgan fingerprint density at radius 1 is 1.30 bits per heavy atom. The van der Waals surface area contributed by atoms with Crippen LogP contribution < -0.4 is 0 Å². The van der Waals surface area contributed by atoms with Crippen LogP contribution in [0.15, 0.2) is 47.0 Å². The van der Waals surface area contributed by atoms with Crippen LogP contribution in [0.4, 0.5) is 4.39 Å². The van der Waals surface area contributed by atoms with Crippen LogP contribution in [0.25, 0.3) is 11.0 Å². The lowest BCUT2D eigenvalue weighted by molar-refractivity contribution is 0.150. The van der Waals surface area contributed by atoms with E-state index in [2.05, 4.69) is 4.98 Å². The van der Waals surface area contributed by atoms with Crippen molar-refractivity contribution in [3.8, 4) is 0 Å². The predicted molar refractivity (Wildman–Crippen MR) is 73.8 cm³/mol. The summed E-state index contributed by atoms with van der Waals surface area (Å²) < 4.78 is 18.9. The summed E-state index contributed by atoms with van der Waals surface area (Å²) in [6, 6.07) is 9.89. The Kier molecular flexibility index (Phi) is 3.24. The molecule has 0 bridgehead atoms. The lowest BCUT2D eigenvalue weighted by Crippen LogP contribution is -2.03. The van der Waals surface area contributed by atoms with E-state index in [1.807, 2.05) is 25.1 Å². The van der Waals surface area contributed by atoms with Crippen LogP contribution >= 0.6 is 0 Å². The SMILES string of the molecule is Cc1c(C(O)Cc2ccccn2)oc2ccc(F)cc12. The lowest BCUT2D eigenvalue weighted by Gasteiger charge is -2.08. The molecule has 3 aromatic rings. The molecule has 3 nitrogen and oxygen atoms in total. The molecule has 0 aliphatic carbocycles. The van der Waals surface area contributed by atoms with E-state index in [1.165, 1.54) is 12.1 Å². The molecule has 1 aromatic carbocycles. The topological polar surface area (TPSA) is 46.3 Å². The van der Waals surface area contributed by atoms with Crippen molar-refractivity contribution in [3.05, 3.63) is 65.4 Å². The van der Waals surface area contributed by atoms with Crippen LogP contribution in [0.3, 0.4) is 0 Å². The molecule has 102 valence electrons. The molecule has 0 radical (unpaired) electrons. The number of pyridine rings is 1. The van der Waals surface area contributed by atoms with Gasteiger partial charge >= 0.3 is 0 Å². The Hall–Kier alpha value is -2.20. The number of nitrogens with zero attached hydrogens (tertiary/aromatic N) is 1. The molecule has 20 heavy (non-hydrogen) atoms. The Labute approximate surface area is 115 Å². The molecule has 4 heteroatoms. The summed E-state index contributed by atoms with van der Waals surface area (Å²) in [4.78, 5) is 4.18. The Bertz CT molecular complexity index is 737. The molecule has 1 N–H and O–H groups in total. The molecule has 0 amide bonds. The van der Waals surface area contributed by atoms with Gasteiger partial charge in [-0.05, 0) is 37.3 Å². The van der Waals surface area contributed by atoms with Crippen molar-refractivity contribution < 1.29 is 13.9 Å². The zero-order valence-corrected chi connectivity index (χ0v) is 11.0. The fourth-order valence-electron chi connectivity index (χ4n) is 2.34. The number of furan rings is 1. The third-order valence-corrected chi connectivity index (χ3v) is 3.37. The van der Waals surface area contributed by atoms with E-state index >= 15 is 0 Å². The van der Waals surface area contributed by atoms with Gasteiger partial charge in [-0.1, -0.05) is 6.07 Å². The minimum atomic E-state index is -0.791. The molecule has 0 aliphatic heterocycles. The van der Waals surface area contributed by atoms with Gasteiger partial charge < -0.3 is 9.52 Å². The van der Waals surface area contributed by atoms with E-state index in [0.29, 0.717) is 23.2 Å². The second kappa shape index (κ2) is 5.06. The smallest absolute Gasteiger partial charge is 0.137 e. The van der Waals surface area contributed by atoms with E-state index in [0.717, 1.165) is 11.3 Å². The highest BCUT2D eigenvalue weighted by Crippen LogP contribution is 2.31. The first-order valence-corrected chi connectivity index (χ1v) is 6.41. The molecule has 3 rings (SSSR count). The summed E-state index contributed by atoms with van der Waals surface area (Å²) in [7, 11) is 0. The Morgan fingerprint density at radius 2 is 2.15 bits per heavy atom. The number of aromatic nitrogens is 1. The number of benzene rings is 1. The monoisotopic (exact) mass is 271 g/mol. The van der Waals surface area contributed by atoms with Crippen molar-refractivity contribution in [3.63, 3.8) is 0 Å². The standard InChI is InChI=1S/C16H14FNO2/c1-10-13-8-11(17)5-6-15(13)20-16(10)14(19)9-12-4-2-3-7-18-12/h2-8,14,19H,9H2,1H3. The molecule has 1 atom stereocenters. The average Bonchev–Trinajstić information content (AvgIpc) is 2.77. The van der Waals surface area contributed by atoms with Crippen molar-refractivity contribution in [1.82, 2.24) is 4.98 Å². The highest BCUT2D eigenvalue weighted by molar-refractivity contribution is 5.82. The maximum Gasteiger partial charge on any atom is 0.137 e. The molecule has 0 fully saturated rings. The number of aliphatic hydroxyl groups excluding tert-OH is 1. The Balaban J connectivity index is 1.95. The fourth-order valence-corrected chi connectivity index (χ4v) is 2.34. The van der Waals surface area contributed by atoms with Gasteiger partial charge in [-0.25, -0.2) is 4.39 Å². The highest BCUT2D eigenvalue weighted by Gasteiger charge is 2.19. The molecule has 0 spiro atoms. The maximum atomic E-state index is 13.3. The van der Waals surface area contributed by atoms with Crippen molar-refractivity contribution in [1.29, 1.82) is 0 Å². The van der Waals surface area contributed by atoms with E-state index < -0.39 is 6.10 Å². The first kappa shape index (κ1) is 12.8. The van der Waals surface area contributed by atoms with Gasteiger partial charge in [0.1, 0.15) is 23.3 Å². The van der Waals surface area contributed by atoms with Gasteiger partial charge in [0.2, 0.25) is 0 Å². The van der Waals surface area contributed by atoms with Gasteiger partial charge in [0, 0.05) is 29.3 Å². The van der Waals surface area contributed by atoms with E-state index in [-0.39, 0.29) is 5.82 Å². The summed E-state index contributed by atoms with van der Waals surface area (Å²) in [5, 5.41) is 11.0. The minimum Gasteiger partial charge on any atom is -0.458 e. The van der Waals surface area contributed by atoms with Gasteiger partial charge in [-0.3, -0.25) is 4.98 Å². The molecule has 0 aliphatic rings. The van der Waals surface area contributed by atoms with E-state index in [1.54, 1.807) is 12.3 Å². The van der Waals surface area contributed by atoms with Gasteiger partial charge in [0.25, 0.3) is 0 Å².